The average Bonchev–Trinajstić information content (AvgIpc) is 3.53. The summed E-state index contributed by atoms with van der Waals surface area (Å²) in [4.78, 5) is 27.4. The molecule has 1 aromatic heterocycles. The Balaban J connectivity index is 1.56. The van der Waals surface area contributed by atoms with Gasteiger partial charge in [0.25, 0.3) is 0 Å². The molecule has 8 heteroatoms. The highest BCUT2D eigenvalue weighted by Crippen LogP contribution is 2.49. The van der Waals surface area contributed by atoms with Crippen molar-refractivity contribution in [2.75, 3.05) is 11.5 Å². The molecule has 0 aliphatic carbocycles. The van der Waals surface area contributed by atoms with Crippen molar-refractivity contribution in [2.45, 2.75) is 25.0 Å². The Labute approximate surface area is 190 Å². The van der Waals surface area contributed by atoms with Crippen molar-refractivity contribution < 1.29 is 18.7 Å². The van der Waals surface area contributed by atoms with E-state index in [1.807, 2.05) is 36.4 Å². The third-order valence-corrected chi connectivity index (χ3v) is 6.28. The molecule has 2 aliphatic rings. The monoisotopic (exact) mass is 451 g/mol. The Morgan fingerprint density at radius 3 is 2.44 bits per heavy atom. The Morgan fingerprint density at radius 1 is 1.06 bits per heavy atom. The van der Waals surface area contributed by atoms with Crippen molar-refractivity contribution in [1.82, 2.24) is 10.9 Å². The van der Waals surface area contributed by atoms with Gasteiger partial charge in [-0.1, -0.05) is 23.7 Å². The molecule has 0 spiro atoms. The average molecular weight is 452 g/mol. The summed E-state index contributed by atoms with van der Waals surface area (Å²) < 4.78 is 10.7. The number of amides is 1. The van der Waals surface area contributed by atoms with Crippen LogP contribution in [0, 0.1) is 5.92 Å². The van der Waals surface area contributed by atoms with E-state index in [4.69, 9.17) is 20.8 Å². The summed E-state index contributed by atoms with van der Waals surface area (Å²) in [5, 5.41) is 0.630. The molecule has 5 rings (SSSR count). The number of benzene rings is 2. The van der Waals surface area contributed by atoms with Crippen molar-refractivity contribution in [2.24, 2.45) is 5.92 Å². The highest BCUT2D eigenvalue weighted by atomic mass is 35.5. The quantitative estimate of drug-likeness (QED) is 0.570. The molecular weight excluding hydrogens is 430 g/mol. The molecule has 3 heterocycles. The second-order valence-corrected chi connectivity index (χ2v) is 8.25. The minimum Gasteiger partial charge on any atom is -0.468 e. The summed E-state index contributed by atoms with van der Waals surface area (Å²) in [6, 6.07) is 17.3. The number of rotatable bonds is 5. The predicted molar refractivity (Wildman–Crippen MR) is 119 cm³/mol. The maximum absolute atomic E-state index is 13.5. The minimum absolute atomic E-state index is 0.0552. The zero-order chi connectivity index (χ0) is 22.2. The van der Waals surface area contributed by atoms with Crippen molar-refractivity contribution in [3.05, 3.63) is 88.8 Å². The molecule has 7 nitrogen and oxygen atoms in total. The third kappa shape index (κ3) is 3.48. The van der Waals surface area contributed by atoms with Crippen LogP contribution in [-0.4, -0.2) is 24.5 Å². The van der Waals surface area contributed by atoms with Gasteiger partial charge in [-0.05, 0) is 61.0 Å². The summed E-state index contributed by atoms with van der Waals surface area (Å²) in [6.45, 7) is 2.07. The molecule has 0 radical (unpaired) electrons. The van der Waals surface area contributed by atoms with Gasteiger partial charge in [-0.2, -0.15) is 0 Å². The SMILES string of the molecule is CCOC(=O)c1ccc(N2C(=O)C3NNC(c4ccco4)C3C2c2ccc(Cl)cc2)cc1. The van der Waals surface area contributed by atoms with Gasteiger partial charge in [0.15, 0.2) is 0 Å². The molecule has 2 aromatic carbocycles. The van der Waals surface area contributed by atoms with E-state index >= 15 is 0 Å². The minimum atomic E-state index is -0.435. The van der Waals surface area contributed by atoms with E-state index < -0.39 is 6.04 Å². The fourth-order valence-corrected chi connectivity index (χ4v) is 4.76. The topological polar surface area (TPSA) is 83.8 Å². The summed E-state index contributed by atoms with van der Waals surface area (Å²) in [5.41, 5.74) is 8.51. The number of anilines is 1. The zero-order valence-electron chi connectivity index (χ0n) is 17.3. The van der Waals surface area contributed by atoms with Crippen LogP contribution in [0.3, 0.4) is 0 Å². The second-order valence-electron chi connectivity index (χ2n) is 7.81. The van der Waals surface area contributed by atoms with E-state index in [1.165, 1.54) is 0 Å². The van der Waals surface area contributed by atoms with Gasteiger partial charge in [0.05, 0.1) is 30.5 Å². The summed E-state index contributed by atoms with van der Waals surface area (Å²) >= 11 is 6.13. The molecule has 2 fully saturated rings. The van der Waals surface area contributed by atoms with Gasteiger partial charge in [-0.3, -0.25) is 4.79 Å². The first-order chi connectivity index (χ1) is 15.6. The molecule has 1 amide bonds. The van der Waals surface area contributed by atoms with Crippen LogP contribution >= 0.6 is 11.6 Å². The number of hydrazine groups is 1. The number of halogens is 1. The van der Waals surface area contributed by atoms with E-state index in [-0.39, 0.29) is 29.9 Å². The van der Waals surface area contributed by atoms with Crippen LogP contribution in [0.15, 0.2) is 71.3 Å². The lowest BCUT2D eigenvalue weighted by Crippen LogP contribution is -2.41. The van der Waals surface area contributed by atoms with Gasteiger partial charge in [0.1, 0.15) is 11.8 Å². The van der Waals surface area contributed by atoms with Gasteiger partial charge in [-0.25, -0.2) is 15.6 Å². The van der Waals surface area contributed by atoms with Crippen LogP contribution in [-0.2, 0) is 9.53 Å². The van der Waals surface area contributed by atoms with Crippen molar-refractivity contribution in [3.63, 3.8) is 0 Å². The Morgan fingerprint density at radius 2 is 1.78 bits per heavy atom. The Bertz CT molecular complexity index is 1120. The van der Waals surface area contributed by atoms with Crippen molar-refractivity contribution in [1.29, 1.82) is 0 Å². The fraction of sp³-hybridized carbons (Fsp3) is 0.250. The van der Waals surface area contributed by atoms with Gasteiger partial charge < -0.3 is 14.1 Å². The number of fused-ring (bicyclic) bond motifs is 1. The van der Waals surface area contributed by atoms with Gasteiger partial charge in [0.2, 0.25) is 5.91 Å². The molecule has 4 atom stereocenters. The summed E-state index contributed by atoms with van der Waals surface area (Å²) in [5.74, 6) is 0.192. The Hall–Kier alpha value is -3.13. The first kappa shape index (κ1) is 20.8. The van der Waals surface area contributed by atoms with Crippen LogP contribution in [0.4, 0.5) is 5.69 Å². The van der Waals surface area contributed by atoms with Crippen LogP contribution in [0.2, 0.25) is 5.02 Å². The van der Waals surface area contributed by atoms with E-state index in [9.17, 15) is 9.59 Å². The van der Waals surface area contributed by atoms with Crippen LogP contribution in [0.5, 0.6) is 0 Å². The lowest BCUT2D eigenvalue weighted by atomic mass is 9.85. The number of hydrogen-bond acceptors (Lipinski definition) is 6. The van der Waals surface area contributed by atoms with E-state index in [0.717, 1.165) is 11.3 Å². The van der Waals surface area contributed by atoms with E-state index in [1.54, 1.807) is 42.4 Å². The molecule has 2 N–H and O–H groups in total. The van der Waals surface area contributed by atoms with Crippen molar-refractivity contribution >= 4 is 29.2 Å². The number of esters is 1. The van der Waals surface area contributed by atoms with Gasteiger partial charge >= 0.3 is 5.97 Å². The zero-order valence-corrected chi connectivity index (χ0v) is 18.1. The number of ether oxygens (including phenoxy) is 1. The largest absolute Gasteiger partial charge is 0.468 e. The predicted octanol–water partition coefficient (Wildman–Crippen LogP) is 4.03. The molecule has 3 aromatic rings. The van der Waals surface area contributed by atoms with E-state index in [2.05, 4.69) is 10.9 Å². The van der Waals surface area contributed by atoms with Gasteiger partial charge in [0, 0.05) is 16.6 Å². The number of carbonyl (C=O) groups excluding carboxylic acids is 2. The lowest BCUT2D eigenvalue weighted by Gasteiger charge is -2.30. The fourth-order valence-electron chi connectivity index (χ4n) is 4.64. The maximum atomic E-state index is 13.5. The summed E-state index contributed by atoms with van der Waals surface area (Å²) in [7, 11) is 0. The molecule has 0 bridgehead atoms. The molecule has 2 saturated heterocycles. The number of furan rings is 1. The molecule has 4 unspecified atom stereocenters. The molecule has 164 valence electrons. The van der Waals surface area contributed by atoms with Crippen LogP contribution in [0.25, 0.3) is 0 Å². The normalized spacial score (nSPS) is 24.6. The third-order valence-electron chi connectivity index (χ3n) is 6.03. The number of nitrogens with one attached hydrogen (secondary N) is 2. The Kier molecular flexibility index (Phi) is 5.46. The lowest BCUT2D eigenvalue weighted by molar-refractivity contribution is -0.119. The molecule has 0 saturated carbocycles. The van der Waals surface area contributed by atoms with Crippen molar-refractivity contribution in [3.8, 4) is 0 Å². The standard InChI is InChI=1S/C24H22ClN3O4/c1-2-31-24(30)15-7-11-17(12-8-15)28-22(14-5-9-16(25)10-6-14)19-20(18-4-3-13-32-18)26-27-21(19)23(28)29/h3-13,19-22,26-27H,2H2,1H3. The number of carbonyl (C=O) groups is 2. The maximum Gasteiger partial charge on any atom is 0.338 e. The van der Waals surface area contributed by atoms with Crippen LogP contribution < -0.4 is 15.8 Å². The van der Waals surface area contributed by atoms with E-state index in [0.29, 0.717) is 22.9 Å². The smallest absolute Gasteiger partial charge is 0.338 e. The molecule has 2 aliphatic heterocycles. The number of nitrogens with zero attached hydrogens (tertiary/aromatic N) is 1. The molecule has 32 heavy (non-hydrogen) atoms. The number of hydrogen-bond donors (Lipinski definition) is 2. The van der Waals surface area contributed by atoms with Crippen LogP contribution in [0.1, 0.15) is 40.7 Å². The highest BCUT2D eigenvalue weighted by Gasteiger charge is 2.56. The van der Waals surface area contributed by atoms with Gasteiger partial charge in [-0.15, -0.1) is 0 Å². The first-order valence-corrected chi connectivity index (χ1v) is 10.9. The second kappa shape index (κ2) is 8.43. The highest BCUT2D eigenvalue weighted by molar-refractivity contribution is 6.30. The summed E-state index contributed by atoms with van der Waals surface area (Å²) in [6.07, 6.45) is 1.63. The molecular formula is C24H22ClN3O4. The first-order valence-electron chi connectivity index (χ1n) is 10.5.